The summed E-state index contributed by atoms with van der Waals surface area (Å²) in [6, 6.07) is 15.1. The summed E-state index contributed by atoms with van der Waals surface area (Å²) >= 11 is 0. The number of nitrogens with two attached hydrogens (primary N) is 1. The molecular weight excluding hydrogens is 268 g/mol. The third-order valence-electron chi connectivity index (χ3n) is 2.90. The van der Waals surface area contributed by atoms with Crippen molar-refractivity contribution in [1.82, 2.24) is 0 Å². The Labute approximate surface area is 122 Å². The van der Waals surface area contributed by atoms with Crippen LogP contribution in [0.5, 0.6) is 0 Å². The van der Waals surface area contributed by atoms with Gasteiger partial charge < -0.3 is 4.74 Å². The molecule has 2 N–H and O–H groups in total. The predicted octanol–water partition coefficient (Wildman–Crippen LogP) is 2.38. The van der Waals surface area contributed by atoms with Crippen LogP contribution < -0.4 is 10.9 Å². The van der Waals surface area contributed by atoms with Crippen LogP contribution in [0.3, 0.4) is 0 Å². The van der Waals surface area contributed by atoms with E-state index < -0.39 is 5.97 Å². The number of hydrazine groups is 1. The van der Waals surface area contributed by atoms with Crippen molar-refractivity contribution < 1.29 is 14.3 Å². The van der Waals surface area contributed by atoms with Crippen LogP contribution in [0.1, 0.15) is 27.6 Å². The maximum absolute atomic E-state index is 12.2. The van der Waals surface area contributed by atoms with Gasteiger partial charge in [0.1, 0.15) is 0 Å². The summed E-state index contributed by atoms with van der Waals surface area (Å²) in [5.41, 5.74) is 1.41. The van der Waals surface area contributed by atoms with Crippen LogP contribution in [0.25, 0.3) is 0 Å². The molecule has 0 saturated carbocycles. The van der Waals surface area contributed by atoms with E-state index in [1.54, 1.807) is 55.5 Å². The normalized spacial score (nSPS) is 10.0. The number of carbonyl (C=O) groups is 2. The number of anilines is 1. The number of nitrogens with zero attached hydrogens (tertiary/aromatic N) is 1. The van der Waals surface area contributed by atoms with Crippen LogP contribution in [-0.4, -0.2) is 18.5 Å². The molecule has 0 radical (unpaired) electrons. The zero-order chi connectivity index (χ0) is 15.2. The Morgan fingerprint density at radius 3 is 2.19 bits per heavy atom. The second-order valence-corrected chi connectivity index (χ2v) is 4.31. The number of ether oxygens (including phenoxy) is 1. The molecule has 0 unspecified atom stereocenters. The fourth-order valence-electron chi connectivity index (χ4n) is 1.81. The van der Waals surface area contributed by atoms with Crippen LogP contribution in [0.2, 0.25) is 0 Å². The highest BCUT2D eigenvalue weighted by Gasteiger charge is 2.14. The Bertz CT molecular complexity index is 624. The number of benzene rings is 2. The molecule has 2 aromatic rings. The summed E-state index contributed by atoms with van der Waals surface area (Å²) in [6.07, 6.45) is 0. The quantitative estimate of drug-likeness (QED) is 0.405. The highest BCUT2D eigenvalue weighted by Crippen LogP contribution is 2.15. The first-order chi connectivity index (χ1) is 10.1. The fourth-order valence-corrected chi connectivity index (χ4v) is 1.81. The lowest BCUT2D eigenvalue weighted by atomic mass is 10.1. The van der Waals surface area contributed by atoms with Gasteiger partial charge in [-0.15, -0.1) is 0 Å². The molecule has 1 amide bonds. The second-order valence-electron chi connectivity index (χ2n) is 4.31. The number of hydrogen-bond acceptors (Lipinski definition) is 4. The summed E-state index contributed by atoms with van der Waals surface area (Å²) in [5.74, 6) is 5.10. The first kappa shape index (κ1) is 14.7. The molecule has 0 saturated heterocycles. The minimum atomic E-state index is -0.401. The van der Waals surface area contributed by atoms with E-state index in [9.17, 15) is 9.59 Å². The molecule has 0 aliphatic rings. The molecule has 21 heavy (non-hydrogen) atoms. The first-order valence-electron chi connectivity index (χ1n) is 6.55. The van der Waals surface area contributed by atoms with Crippen molar-refractivity contribution in [3.63, 3.8) is 0 Å². The summed E-state index contributed by atoms with van der Waals surface area (Å²) in [4.78, 5) is 23.7. The van der Waals surface area contributed by atoms with E-state index in [0.717, 1.165) is 5.01 Å². The van der Waals surface area contributed by atoms with Gasteiger partial charge in [-0.1, -0.05) is 18.2 Å². The van der Waals surface area contributed by atoms with Crippen LogP contribution in [0, 0.1) is 0 Å². The van der Waals surface area contributed by atoms with Crippen molar-refractivity contribution in [1.29, 1.82) is 0 Å². The van der Waals surface area contributed by atoms with E-state index >= 15 is 0 Å². The molecule has 0 spiro atoms. The number of carbonyl (C=O) groups excluding carboxylic acids is 2. The molecule has 108 valence electrons. The molecule has 0 fully saturated rings. The molecule has 0 aliphatic carbocycles. The third-order valence-corrected chi connectivity index (χ3v) is 2.90. The third kappa shape index (κ3) is 3.46. The van der Waals surface area contributed by atoms with Gasteiger partial charge in [-0.05, 0) is 43.3 Å². The smallest absolute Gasteiger partial charge is 0.338 e. The molecule has 0 aliphatic heterocycles. The molecular formula is C16H16N2O3. The molecule has 2 aromatic carbocycles. The second kappa shape index (κ2) is 6.67. The molecule has 0 bridgehead atoms. The van der Waals surface area contributed by atoms with Crippen LogP contribution in [0.15, 0.2) is 54.6 Å². The molecule has 0 atom stereocenters. The van der Waals surface area contributed by atoms with Crippen molar-refractivity contribution in [2.45, 2.75) is 6.92 Å². The van der Waals surface area contributed by atoms with Gasteiger partial charge in [0.15, 0.2) is 0 Å². The Balaban J connectivity index is 2.15. The Morgan fingerprint density at radius 2 is 1.62 bits per heavy atom. The van der Waals surface area contributed by atoms with Crippen molar-refractivity contribution in [2.75, 3.05) is 11.6 Å². The van der Waals surface area contributed by atoms with Crippen molar-refractivity contribution in [3.8, 4) is 0 Å². The van der Waals surface area contributed by atoms with E-state index in [4.69, 9.17) is 10.6 Å². The standard InChI is InChI=1S/C16H16N2O3/c1-2-21-16(20)13-8-10-14(11-9-13)18(17)15(19)12-6-4-3-5-7-12/h3-11H,2,17H2,1H3. The highest BCUT2D eigenvalue weighted by atomic mass is 16.5. The molecule has 2 rings (SSSR count). The van der Waals surface area contributed by atoms with E-state index in [-0.39, 0.29) is 5.91 Å². The van der Waals surface area contributed by atoms with Gasteiger partial charge in [-0.25, -0.2) is 15.6 Å². The number of amides is 1. The topological polar surface area (TPSA) is 72.6 Å². The maximum atomic E-state index is 12.2. The molecule has 5 heteroatoms. The minimum absolute atomic E-state index is 0.316. The highest BCUT2D eigenvalue weighted by molar-refractivity contribution is 6.05. The van der Waals surface area contributed by atoms with Crippen molar-refractivity contribution in [2.24, 2.45) is 5.84 Å². The zero-order valence-electron chi connectivity index (χ0n) is 11.7. The average molecular weight is 284 g/mol. The molecule has 5 nitrogen and oxygen atoms in total. The first-order valence-corrected chi connectivity index (χ1v) is 6.55. The predicted molar refractivity (Wildman–Crippen MR) is 79.8 cm³/mol. The fraction of sp³-hybridized carbons (Fsp3) is 0.125. The molecule has 0 aromatic heterocycles. The Morgan fingerprint density at radius 1 is 1.00 bits per heavy atom. The van der Waals surface area contributed by atoms with Crippen LogP contribution >= 0.6 is 0 Å². The Kier molecular flexibility index (Phi) is 4.68. The maximum Gasteiger partial charge on any atom is 0.338 e. The van der Waals surface area contributed by atoms with E-state index in [0.29, 0.717) is 23.4 Å². The van der Waals surface area contributed by atoms with E-state index in [2.05, 4.69) is 0 Å². The van der Waals surface area contributed by atoms with Gasteiger partial charge in [-0.3, -0.25) is 4.79 Å². The monoisotopic (exact) mass is 284 g/mol. The van der Waals surface area contributed by atoms with Gasteiger partial charge >= 0.3 is 5.97 Å². The van der Waals surface area contributed by atoms with Gasteiger partial charge in [0, 0.05) is 5.56 Å². The summed E-state index contributed by atoms with van der Waals surface area (Å²) in [5, 5.41) is 1.05. The van der Waals surface area contributed by atoms with E-state index in [1.807, 2.05) is 6.07 Å². The lowest BCUT2D eigenvalue weighted by Gasteiger charge is -2.17. The molecule has 0 heterocycles. The number of hydrogen-bond donors (Lipinski definition) is 1. The van der Waals surface area contributed by atoms with Crippen LogP contribution in [-0.2, 0) is 4.74 Å². The van der Waals surface area contributed by atoms with Crippen molar-refractivity contribution >= 4 is 17.6 Å². The van der Waals surface area contributed by atoms with E-state index in [1.165, 1.54) is 0 Å². The Hall–Kier alpha value is -2.66. The summed E-state index contributed by atoms with van der Waals surface area (Å²) in [7, 11) is 0. The number of rotatable bonds is 4. The largest absolute Gasteiger partial charge is 0.462 e. The SMILES string of the molecule is CCOC(=O)c1ccc(N(N)C(=O)c2ccccc2)cc1. The van der Waals surface area contributed by atoms with Gasteiger partial charge in [-0.2, -0.15) is 0 Å². The van der Waals surface area contributed by atoms with Crippen molar-refractivity contribution in [3.05, 3.63) is 65.7 Å². The average Bonchev–Trinajstić information content (AvgIpc) is 2.54. The minimum Gasteiger partial charge on any atom is -0.462 e. The lowest BCUT2D eigenvalue weighted by Crippen LogP contribution is -2.37. The summed E-state index contributed by atoms with van der Waals surface area (Å²) < 4.78 is 4.89. The number of esters is 1. The zero-order valence-corrected chi connectivity index (χ0v) is 11.7. The van der Waals surface area contributed by atoms with Gasteiger partial charge in [0.05, 0.1) is 17.9 Å². The van der Waals surface area contributed by atoms with Gasteiger partial charge in [0.25, 0.3) is 5.91 Å². The van der Waals surface area contributed by atoms with Gasteiger partial charge in [0.2, 0.25) is 0 Å². The summed E-state index contributed by atoms with van der Waals surface area (Å²) in [6.45, 7) is 2.06. The lowest BCUT2D eigenvalue weighted by molar-refractivity contribution is 0.0526. The van der Waals surface area contributed by atoms with Crippen LogP contribution in [0.4, 0.5) is 5.69 Å².